The van der Waals surface area contributed by atoms with Crippen molar-refractivity contribution >= 4 is 59.2 Å². The van der Waals surface area contributed by atoms with Crippen molar-refractivity contribution in [2.75, 3.05) is 59.8 Å². The lowest BCUT2D eigenvalue weighted by atomic mass is 9.89. The zero-order chi connectivity index (χ0) is 58.9. The quantitative estimate of drug-likeness (QED) is 0.0510. The number of likely N-dealkylation sites (tertiary alicyclic amines) is 1. The molecule has 1 heterocycles. The summed E-state index contributed by atoms with van der Waals surface area (Å²) in [6, 6.07) is 11.8. The van der Waals surface area contributed by atoms with Crippen LogP contribution in [-0.2, 0) is 60.8 Å². The third-order valence-electron chi connectivity index (χ3n) is 14.5. The molecular weight excluding hydrogens is 1020 g/mol. The van der Waals surface area contributed by atoms with Gasteiger partial charge in [0.15, 0.2) is 0 Å². The second-order valence-corrected chi connectivity index (χ2v) is 21.1. The summed E-state index contributed by atoms with van der Waals surface area (Å²) in [5, 5.41) is 16.5. The molecule has 1 saturated heterocycles. The molecule has 1 aliphatic heterocycles. The molecule has 0 spiro atoms. The molecule has 22 nitrogen and oxygen atoms in total. The van der Waals surface area contributed by atoms with E-state index < -0.39 is 84.6 Å². The van der Waals surface area contributed by atoms with E-state index in [0.29, 0.717) is 50.0 Å². The number of ether oxygens (including phenoxy) is 3. The van der Waals surface area contributed by atoms with Crippen LogP contribution in [0.4, 0.5) is 15.3 Å². The molecule has 10 amide bonds. The standard InChI is InChI=1S/C57H90N10O12/c1-13-37(7)50(44(77-11)32-47(70)67-31-19-23-43(67)51(78-12)38(8)52(71)59-30-28-39-20-16-15-17-21-39)66(10)55(74)49(36(5)6)64-46(69)33-65(9)57(76)79-34-40-24-26-41(27-25-40)61-53(72)42(22-18-29-60-56(58)75)62-54(73)48(35(3)4)63-45(68)14-2/h15-17,20-21,24-27,35-38,42-44,48-51H,13-14,18-19,22-23,28-34H2,1-12H3,(H,59,71)(H,61,72)(H,62,73)(H,63,68)(H,64,69)(H3,58,60,75)/t37-,38+,42+,43-,44+,48+,49-,50-,51+/m0/s1. The second-order valence-electron chi connectivity index (χ2n) is 21.1. The van der Waals surface area contributed by atoms with Gasteiger partial charge < -0.3 is 66.5 Å². The predicted molar refractivity (Wildman–Crippen MR) is 300 cm³/mol. The maximum Gasteiger partial charge on any atom is 0.410 e. The summed E-state index contributed by atoms with van der Waals surface area (Å²) in [7, 11) is 6.11. The van der Waals surface area contributed by atoms with Gasteiger partial charge in [0.1, 0.15) is 31.3 Å². The number of carbonyl (C=O) groups excluding carboxylic acids is 9. The first-order valence-electron chi connectivity index (χ1n) is 27.6. The van der Waals surface area contributed by atoms with E-state index in [1.54, 1.807) is 82.8 Å². The zero-order valence-corrected chi connectivity index (χ0v) is 48.6. The van der Waals surface area contributed by atoms with Crippen LogP contribution in [0, 0.1) is 23.7 Å². The van der Waals surface area contributed by atoms with Gasteiger partial charge in [0.25, 0.3) is 0 Å². The first-order chi connectivity index (χ1) is 37.5. The van der Waals surface area contributed by atoms with Gasteiger partial charge in [-0.25, -0.2) is 9.59 Å². The molecule has 0 aromatic heterocycles. The third kappa shape index (κ3) is 21.1. The van der Waals surface area contributed by atoms with E-state index in [9.17, 15) is 43.2 Å². The second kappa shape index (κ2) is 33.6. The lowest BCUT2D eigenvalue weighted by Gasteiger charge is -2.40. The van der Waals surface area contributed by atoms with Gasteiger partial charge in [0.2, 0.25) is 41.4 Å². The summed E-state index contributed by atoms with van der Waals surface area (Å²) in [5.41, 5.74) is 7.22. The van der Waals surface area contributed by atoms with E-state index >= 15 is 0 Å². The minimum absolute atomic E-state index is 0.0382. The fourth-order valence-electron chi connectivity index (χ4n) is 9.70. The number of urea groups is 1. The molecule has 0 aliphatic carbocycles. The van der Waals surface area contributed by atoms with Gasteiger partial charge in [-0.2, -0.15) is 0 Å². The van der Waals surface area contributed by atoms with Crippen LogP contribution < -0.4 is 37.6 Å². The van der Waals surface area contributed by atoms with Gasteiger partial charge in [-0.3, -0.25) is 33.6 Å². The summed E-state index contributed by atoms with van der Waals surface area (Å²) < 4.78 is 17.5. The Kier molecular flexibility index (Phi) is 28.3. The Bertz CT molecular complexity index is 2300. The van der Waals surface area contributed by atoms with Crippen LogP contribution in [0.3, 0.4) is 0 Å². The van der Waals surface area contributed by atoms with E-state index in [-0.39, 0.29) is 73.9 Å². The first kappa shape index (κ1) is 66.5. The highest BCUT2D eigenvalue weighted by Gasteiger charge is 2.43. The highest BCUT2D eigenvalue weighted by molar-refractivity contribution is 5.98. The Hall–Kier alpha value is -6.81. The Balaban J connectivity index is 1.61. The molecule has 0 radical (unpaired) electrons. The summed E-state index contributed by atoms with van der Waals surface area (Å²) in [6.07, 6.45) is 1.24. The zero-order valence-electron chi connectivity index (χ0n) is 48.6. The van der Waals surface area contributed by atoms with Crippen LogP contribution in [0.15, 0.2) is 54.6 Å². The maximum atomic E-state index is 14.5. The number of nitrogens with two attached hydrogens (primary N) is 1. The summed E-state index contributed by atoms with van der Waals surface area (Å²) >= 11 is 0. The number of hydrogen-bond acceptors (Lipinski definition) is 12. The maximum absolute atomic E-state index is 14.5. The number of carbonyl (C=O) groups is 9. The third-order valence-corrected chi connectivity index (χ3v) is 14.5. The van der Waals surface area contributed by atoms with Crippen LogP contribution in [-0.4, -0.2) is 165 Å². The Morgan fingerprint density at radius 1 is 0.747 bits per heavy atom. The number of nitrogens with one attached hydrogen (secondary N) is 6. The van der Waals surface area contributed by atoms with Gasteiger partial charge in [-0.1, -0.05) is 104 Å². The summed E-state index contributed by atoms with van der Waals surface area (Å²) in [5.74, 6) is -4.03. The number of hydrogen-bond donors (Lipinski definition) is 7. The van der Waals surface area contributed by atoms with Crippen molar-refractivity contribution in [2.24, 2.45) is 29.4 Å². The number of likely N-dealkylation sites (N-methyl/N-ethyl adjacent to an activating group) is 2. The largest absolute Gasteiger partial charge is 0.445 e. The number of anilines is 1. The molecule has 3 rings (SSSR count). The molecular formula is C57H90N10O12. The molecule has 2 aromatic carbocycles. The number of nitrogens with zero attached hydrogens (tertiary/aromatic N) is 3. The monoisotopic (exact) mass is 1110 g/mol. The Labute approximate surface area is 467 Å². The van der Waals surface area contributed by atoms with E-state index in [4.69, 9.17) is 19.9 Å². The highest BCUT2D eigenvalue weighted by Crippen LogP contribution is 2.30. The van der Waals surface area contributed by atoms with Crippen molar-refractivity contribution in [1.82, 2.24) is 41.3 Å². The van der Waals surface area contributed by atoms with Crippen molar-refractivity contribution in [3.05, 3.63) is 65.7 Å². The van der Waals surface area contributed by atoms with Crippen LogP contribution >= 0.6 is 0 Å². The Morgan fingerprint density at radius 2 is 1.39 bits per heavy atom. The van der Waals surface area contributed by atoms with Crippen LogP contribution in [0.25, 0.3) is 0 Å². The topological polar surface area (TPSA) is 289 Å². The van der Waals surface area contributed by atoms with E-state index in [2.05, 4.69) is 31.9 Å². The number of methoxy groups -OCH3 is 2. The van der Waals surface area contributed by atoms with Crippen LogP contribution in [0.2, 0.25) is 0 Å². The minimum atomic E-state index is -1.03. The molecule has 8 N–H and O–H groups in total. The molecule has 1 aliphatic rings. The van der Waals surface area contributed by atoms with Gasteiger partial charge >= 0.3 is 12.1 Å². The molecule has 0 unspecified atom stereocenters. The average Bonchev–Trinajstić information content (AvgIpc) is 3.94. The van der Waals surface area contributed by atoms with Crippen molar-refractivity contribution in [3.8, 4) is 0 Å². The van der Waals surface area contributed by atoms with Crippen molar-refractivity contribution < 1.29 is 57.4 Å². The van der Waals surface area contributed by atoms with Crippen molar-refractivity contribution in [1.29, 1.82) is 0 Å². The van der Waals surface area contributed by atoms with E-state index in [0.717, 1.165) is 16.9 Å². The fourth-order valence-corrected chi connectivity index (χ4v) is 9.70. The number of primary amides is 1. The molecule has 79 heavy (non-hydrogen) atoms. The molecule has 22 heteroatoms. The number of amides is 10. The minimum Gasteiger partial charge on any atom is -0.445 e. The average molecular weight is 1110 g/mol. The first-order valence-corrected chi connectivity index (χ1v) is 27.6. The fraction of sp³-hybridized carbons (Fsp3) is 0.632. The molecule has 9 atom stereocenters. The molecule has 1 fully saturated rings. The predicted octanol–water partition coefficient (Wildman–Crippen LogP) is 4.10. The van der Waals surface area contributed by atoms with Crippen molar-refractivity contribution in [2.45, 2.75) is 156 Å². The molecule has 2 aromatic rings. The normalized spacial score (nSPS) is 16.2. The lowest BCUT2D eigenvalue weighted by Crippen LogP contribution is -2.58. The highest BCUT2D eigenvalue weighted by atomic mass is 16.6. The van der Waals surface area contributed by atoms with Crippen LogP contribution in [0.1, 0.15) is 111 Å². The van der Waals surface area contributed by atoms with Gasteiger partial charge in [0, 0.05) is 60.1 Å². The van der Waals surface area contributed by atoms with Crippen molar-refractivity contribution in [3.63, 3.8) is 0 Å². The molecule has 0 bridgehead atoms. The smallest absolute Gasteiger partial charge is 0.410 e. The van der Waals surface area contributed by atoms with Gasteiger partial charge in [-0.15, -0.1) is 0 Å². The van der Waals surface area contributed by atoms with E-state index in [1.165, 1.54) is 14.2 Å². The van der Waals surface area contributed by atoms with Gasteiger partial charge in [-0.05, 0) is 73.1 Å². The molecule has 440 valence electrons. The number of rotatable bonds is 32. The SMILES string of the molecule is CCC(=O)N[C@@H](C(=O)N[C@H](CCCNC(N)=O)C(=O)Nc1ccc(COC(=O)N(C)CC(=O)N[C@H](C(=O)N(C)[C@@H]([C@@H](C)CC)[C@@H](CC(=O)N2CCC[C@H]2[C@H](OC)[C@@H](C)C(=O)NCCc2ccccc2)OC)C(C)C)cc1)C(C)C. The van der Waals surface area contributed by atoms with Crippen LogP contribution in [0.5, 0.6) is 0 Å². The molecule has 0 saturated carbocycles. The van der Waals surface area contributed by atoms with E-state index in [1.807, 2.05) is 51.1 Å². The Morgan fingerprint density at radius 3 is 1.97 bits per heavy atom. The number of benzene rings is 2. The lowest BCUT2D eigenvalue weighted by molar-refractivity contribution is -0.147. The summed E-state index contributed by atoms with van der Waals surface area (Å²) in [6.45, 7) is 15.1. The van der Waals surface area contributed by atoms with Gasteiger partial charge in [0.05, 0.1) is 36.6 Å². The summed E-state index contributed by atoms with van der Waals surface area (Å²) in [4.78, 5) is 123.